The molecule has 1 amide bonds. The van der Waals surface area contributed by atoms with Crippen molar-refractivity contribution in [2.75, 3.05) is 19.0 Å². The number of hydrogen-bond donors (Lipinski definition) is 1. The summed E-state index contributed by atoms with van der Waals surface area (Å²) >= 11 is 5.77. The summed E-state index contributed by atoms with van der Waals surface area (Å²) in [5.41, 5.74) is 1.26. The lowest BCUT2D eigenvalue weighted by Gasteiger charge is -2.10. The third-order valence-corrected chi connectivity index (χ3v) is 4.21. The van der Waals surface area contributed by atoms with Crippen molar-refractivity contribution in [3.05, 3.63) is 64.6 Å². The smallest absolute Gasteiger partial charge is 0.340 e. The van der Waals surface area contributed by atoms with E-state index in [1.807, 2.05) is 0 Å². The second-order valence-electron chi connectivity index (χ2n) is 5.93. The average Bonchev–Trinajstić information content (AvgIpc) is 2.68. The van der Waals surface area contributed by atoms with Gasteiger partial charge in [-0.05, 0) is 43.3 Å². The second-order valence-corrected chi connectivity index (χ2v) is 6.36. The number of esters is 1. The minimum absolute atomic E-state index is 0.0916. The number of halogens is 2. The zero-order valence-corrected chi connectivity index (χ0v) is 15.8. The summed E-state index contributed by atoms with van der Waals surface area (Å²) in [6.45, 7) is 1.09. The van der Waals surface area contributed by atoms with Gasteiger partial charge in [-0.2, -0.15) is 0 Å². The van der Waals surface area contributed by atoms with Gasteiger partial charge in [0.05, 0.1) is 29.6 Å². The first-order valence-electron chi connectivity index (χ1n) is 8.25. The Labute approximate surface area is 165 Å². The summed E-state index contributed by atoms with van der Waals surface area (Å²) in [7, 11) is 1.56. The Kier molecular flexibility index (Phi) is 5.75. The van der Waals surface area contributed by atoms with E-state index >= 15 is 0 Å². The van der Waals surface area contributed by atoms with E-state index < -0.39 is 24.3 Å². The van der Waals surface area contributed by atoms with Crippen LogP contribution in [0.15, 0.2) is 42.5 Å². The van der Waals surface area contributed by atoms with E-state index in [4.69, 9.17) is 21.1 Å². The van der Waals surface area contributed by atoms with E-state index in [0.29, 0.717) is 17.0 Å². The summed E-state index contributed by atoms with van der Waals surface area (Å²) in [6.07, 6.45) is 0. The second kappa shape index (κ2) is 8.22. The molecule has 0 saturated carbocycles. The van der Waals surface area contributed by atoms with E-state index in [2.05, 4.69) is 10.3 Å². The Morgan fingerprint density at radius 3 is 2.71 bits per heavy atom. The van der Waals surface area contributed by atoms with Crippen molar-refractivity contribution in [1.82, 2.24) is 4.98 Å². The zero-order valence-electron chi connectivity index (χ0n) is 15.1. The Morgan fingerprint density at radius 2 is 1.96 bits per heavy atom. The van der Waals surface area contributed by atoms with E-state index in [1.165, 1.54) is 12.1 Å². The number of anilines is 1. The number of nitrogens with one attached hydrogen (secondary N) is 1. The number of nitrogens with zero attached hydrogens (tertiary/aromatic N) is 1. The molecule has 144 valence electrons. The van der Waals surface area contributed by atoms with Crippen LogP contribution in [0.1, 0.15) is 16.1 Å². The largest absolute Gasteiger partial charge is 0.497 e. The van der Waals surface area contributed by atoms with E-state index in [9.17, 15) is 14.0 Å². The summed E-state index contributed by atoms with van der Waals surface area (Å²) in [6, 6.07) is 10.7. The normalized spacial score (nSPS) is 10.6. The van der Waals surface area contributed by atoms with Crippen LogP contribution in [0, 0.1) is 12.7 Å². The minimum Gasteiger partial charge on any atom is -0.497 e. The van der Waals surface area contributed by atoms with Gasteiger partial charge in [-0.1, -0.05) is 11.6 Å². The lowest BCUT2D eigenvalue weighted by atomic mass is 10.1. The predicted octanol–water partition coefficient (Wildman–Crippen LogP) is 4.14. The molecule has 6 nitrogen and oxygen atoms in total. The maximum Gasteiger partial charge on any atom is 0.340 e. The summed E-state index contributed by atoms with van der Waals surface area (Å²) in [5.74, 6) is -1.39. The van der Waals surface area contributed by atoms with Crippen LogP contribution in [-0.4, -0.2) is 30.6 Å². The lowest BCUT2D eigenvalue weighted by Crippen LogP contribution is -2.22. The highest BCUT2D eigenvalue weighted by Crippen LogP contribution is 2.22. The van der Waals surface area contributed by atoms with E-state index in [-0.39, 0.29) is 16.3 Å². The van der Waals surface area contributed by atoms with Crippen LogP contribution < -0.4 is 10.1 Å². The van der Waals surface area contributed by atoms with Crippen LogP contribution in [0.25, 0.3) is 10.9 Å². The highest BCUT2D eigenvalue weighted by Gasteiger charge is 2.16. The summed E-state index contributed by atoms with van der Waals surface area (Å²) in [5, 5.41) is 3.30. The number of pyridine rings is 1. The number of hydrogen-bond acceptors (Lipinski definition) is 5. The molecule has 2 aromatic carbocycles. The first-order chi connectivity index (χ1) is 13.4. The molecular weight excluding hydrogens is 387 g/mol. The highest BCUT2D eigenvalue weighted by molar-refractivity contribution is 6.30. The standard InChI is InChI=1S/C20H16ClFN2O4/c1-11-15(7-12-3-5-14(27-2)9-17(12)23-11)20(26)28-10-19(25)24-18-8-13(21)4-6-16(18)22/h3-9H,10H2,1-2H3,(H,24,25). The third-order valence-electron chi connectivity index (χ3n) is 3.97. The molecule has 0 aliphatic heterocycles. The monoisotopic (exact) mass is 402 g/mol. The van der Waals surface area contributed by atoms with Gasteiger partial charge in [0.2, 0.25) is 0 Å². The number of methoxy groups -OCH3 is 1. The van der Waals surface area contributed by atoms with Crippen molar-refractivity contribution in [1.29, 1.82) is 0 Å². The fraction of sp³-hybridized carbons (Fsp3) is 0.150. The van der Waals surface area contributed by atoms with Crippen molar-refractivity contribution in [2.45, 2.75) is 6.92 Å². The number of rotatable bonds is 5. The molecule has 1 heterocycles. The Bertz CT molecular complexity index is 1070. The van der Waals surface area contributed by atoms with E-state index in [0.717, 1.165) is 11.5 Å². The SMILES string of the molecule is COc1ccc2cc(C(=O)OCC(=O)Nc3cc(Cl)ccc3F)c(C)nc2c1. The number of ether oxygens (including phenoxy) is 2. The quantitative estimate of drug-likeness (QED) is 0.649. The molecule has 0 unspecified atom stereocenters. The molecule has 0 fully saturated rings. The van der Waals surface area contributed by atoms with Crippen LogP contribution in [0.5, 0.6) is 5.75 Å². The van der Waals surface area contributed by atoms with Crippen molar-refractivity contribution in [2.24, 2.45) is 0 Å². The van der Waals surface area contributed by atoms with E-state index in [1.54, 1.807) is 38.3 Å². The van der Waals surface area contributed by atoms with Gasteiger partial charge in [0.15, 0.2) is 6.61 Å². The van der Waals surface area contributed by atoms with Crippen LogP contribution in [0.2, 0.25) is 5.02 Å². The molecule has 0 radical (unpaired) electrons. The number of carbonyl (C=O) groups is 2. The fourth-order valence-electron chi connectivity index (χ4n) is 2.57. The number of aromatic nitrogens is 1. The molecule has 0 bridgehead atoms. The molecular formula is C20H16ClFN2O4. The molecule has 0 spiro atoms. The Morgan fingerprint density at radius 1 is 1.18 bits per heavy atom. The molecule has 0 atom stereocenters. The van der Waals surface area contributed by atoms with Crippen LogP contribution >= 0.6 is 11.6 Å². The van der Waals surface area contributed by atoms with Gasteiger partial charge >= 0.3 is 5.97 Å². The molecule has 3 rings (SSSR count). The van der Waals surface area contributed by atoms with Gasteiger partial charge in [0.25, 0.3) is 5.91 Å². The molecule has 8 heteroatoms. The maximum atomic E-state index is 13.7. The summed E-state index contributed by atoms with van der Waals surface area (Å²) < 4.78 is 23.8. The third kappa shape index (κ3) is 4.37. The number of aryl methyl sites for hydroxylation is 1. The molecule has 0 aliphatic rings. The van der Waals surface area contributed by atoms with Gasteiger partial charge in [0, 0.05) is 16.5 Å². The van der Waals surface area contributed by atoms with Gasteiger partial charge in [0.1, 0.15) is 11.6 Å². The lowest BCUT2D eigenvalue weighted by molar-refractivity contribution is -0.119. The molecule has 1 N–H and O–H groups in total. The molecule has 28 heavy (non-hydrogen) atoms. The van der Waals surface area contributed by atoms with Crippen molar-refractivity contribution < 1.29 is 23.5 Å². The minimum atomic E-state index is -0.704. The molecule has 3 aromatic rings. The van der Waals surface area contributed by atoms with Crippen LogP contribution in [0.3, 0.4) is 0 Å². The predicted molar refractivity (Wildman–Crippen MR) is 103 cm³/mol. The summed E-state index contributed by atoms with van der Waals surface area (Å²) in [4.78, 5) is 28.7. The Hall–Kier alpha value is -3.19. The number of amides is 1. The number of fused-ring (bicyclic) bond motifs is 1. The molecule has 1 aromatic heterocycles. The van der Waals surface area contributed by atoms with Crippen LogP contribution in [-0.2, 0) is 9.53 Å². The zero-order chi connectivity index (χ0) is 20.3. The highest BCUT2D eigenvalue weighted by atomic mass is 35.5. The average molecular weight is 403 g/mol. The van der Waals surface area contributed by atoms with Crippen LogP contribution in [0.4, 0.5) is 10.1 Å². The molecule has 0 saturated heterocycles. The van der Waals surface area contributed by atoms with Crippen molar-refractivity contribution in [3.63, 3.8) is 0 Å². The number of benzene rings is 2. The van der Waals surface area contributed by atoms with Crippen molar-refractivity contribution >= 4 is 40.1 Å². The first-order valence-corrected chi connectivity index (χ1v) is 8.62. The fourth-order valence-corrected chi connectivity index (χ4v) is 2.74. The van der Waals surface area contributed by atoms with Crippen molar-refractivity contribution in [3.8, 4) is 5.75 Å². The van der Waals surface area contributed by atoms with Gasteiger partial charge in [-0.3, -0.25) is 9.78 Å². The number of carbonyl (C=O) groups excluding carboxylic acids is 2. The first kappa shape index (κ1) is 19.6. The topological polar surface area (TPSA) is 77.5 Å². The van der Waals surface area contributed by atoms with Gasteiger partial charge in [-0.15, -0.1) is 0 Å². The van der Waals surface area contributed by atoms with Gasteiger partial charge < -0.3 is 14.8 Å². The maximum absolute atomic E-state index is 13.7. The Balaban J connectivity index is 1.69. The van der Waals surface area contributed by atoms with Gasteiger partial charge in [-0.25, -0.2) is 9.18 Å². The molecule has 0 aliphatic carbocycles.